The maximum absolute atomic E-state index is 12.3. The minimum absolute atomic E-state index is 0.297. The summed E-state index contributed by atoms with van der Waals surface area (Å²) < 4.78 is 5.89. The number of rotatable bonds is 7. The number of hydrogen-bond acceptors (Lipinski definition) is 5. The Labute approximate surface area is 147 Å². The van der Waals surface area contributed by atoms with Crippen LogP contribution in [0.2, 0.25) is 0 Å². The SMILES string of the molecule is CCOC(=O)C1=C(CSC(=S)N(CC)CC)NC(=O)N[C@H]1CC. The van der Waals surface area contributed by atoms with E-state index in [2.05, 4.69) is 15.5 Å². The molecule has 1 heterocycles. The summed E-state index contributed by atoms with van der Waals surface area (Å²) in [6.45, 7) is 9.72. The summed E-state index contributed by atoms with van der Waals surface area (Å²) in [6.07, 6.45) is 0.621. The Morgan fingerprint density at radius 2 is 1.96 bits per heavy atom. The lowest BCUT2D eigenvalue weighted by Gasteiger charge is -2.29. The van der Waals surface area contributed by atoms with Crippen molar-refractivity contribution in [2.24, 2.45) is 0 Å². The van der Waals surface area contributed by atoms with Gasteiger partial charge in [-0.05, 0) is 27.2 Å². The number of thioether (sulfide) groups is 1. The van der Waals surface area contributed by atoms with Gasteiger partial charge in [0.25, 0.3) is 0 Å². The summed E-state index contributed by atoms with van der Waals surface area (Å²) in [5.74, 6) is 0.0455. The molecule has 0 saturated carbocycles. The van der Waals surface area contributed by atoms with E-state index in [1.807, 2.05) is 20.8 Å². The average Bonchev–Trinajstić information content (AvgIpc) is 2.53. The van der Waals surface area contributed by atoms with Crippen LogP contribution in [0.5, 0.6) is 0 Å². The third-order valence-corrected chi connectivity index (χ3v) is 5.06. The van der Waals surface area contributed by atoms with Gasteiger partial charge in [-0.2, -0.15) is 0 Å². The number of carbonyl (C=O) groups excluding carboxylic acids is 2. The van der Waals surface area contributed by atoms with Gasteiger partial charge < -0.3 is 20.3 Å². The van der Waals surface area contributed by atoms with Crippen molar-refractivity contribution in [3.63, 3.8) is 0 Å². The number of nitrogens with zero attached hydrogens (tertiary/aromatic N) is 1. The first kappa shape index (κ1) is 19.8. The summed E-state index contributed by atoms with van der Waals surface area (Å²) >= 11 is 6.85. The Hall–Kier alpha value is -1.28. The molecule has 0 unspecified atom stereocenters. The highest BCUT2D eigenvalue weighted by atomic mass is 32.2. The van der Waals surface area contributed by atoms with E-state index in [1.54, 1.807) is 6.92 Å². The maximum atomic E-state index is 12.3. The maximum Gasteiger partial charge on any atom is 0.337 e. The molecule has 0 bridgehead atoms. The van der Waals surface area contributed by atoms with Gasteiger partial charge in [-0.1, -0.05) is 30.9 Å². The number of hydrogen-bond donors (Lipinski definition) is 2. The van der Waals surface area contributed by atoms with Crippen LogP contribution in [-0.2, 0) is 9.53 Å². The van der Waals surface area contributed by atoms with Crippen LogP contribution < -0.4 is 10.6 Å². The Kier molecular flexibility index (Phi) is 8.40. The molecule has 0 aromatic heterocycles. The van der Waals surface area contributed by atoms with Gasteiger partial charge in [-0.15, -0.1) is 0 Å². The van der Waals surface area contributed by atoms with E-state index in [4.69, 9.17) is 17.0 Å². The second-order valence-corrected chi connectivity index (χ2v) is 6.51. The van der Waals surface area contributed by atoms with E-state index in [9.17, 15) is 9.59 Å². The van der Waals surface area contributed by atoms with Gasteiger partial charge in [0.05, 0.1) is 18.2 Å². The van der Waals surface area contributed by atoms with Crippen molar-refractivity contribution in [3.05, 3.63) is 11.3 Å². The molecule has 2 N–H and O–H groups in total. The summed E-state index contributed by atoms with van der Waals surface area (Å²) in [4.78, 5) is 26.1. The highest BCUT2D eigenvalue weighted by molar-refractivity contribution is 8.23. The topological polar surface area (TPSA) is 70.7 Å². The number of thiocarbonyl (C=S) groups is 1. The molecule has 23 heavy (non-hydrogen) atoms. The van der Waals surface area contributed by atoms with Gasteiger partial charge in [0.1, 0.15) is 4.32 Å². The molecule has 0 saturated heterocycles. The molecule has 1 atom stereocenters. The minimum atomic E-state index is -0.392. The first-order chi connectivity index (χ1) is 11.0. The fourth-order valence-corrected chi connectivity index (χ4v) is 3.65. The standard InChI is InChI=1S/C15H25N3O3S2/c1-5-10-12(13(19)21-8-4)11(17-14(20)16-10)9-23-15(22)18(6-2)7-3/h10H,5-9H2,1-4H3,(H2,16,17,20)/t10-/m0/s1. The largest absolute Gasteiger partial charge is 0.463 e. The molecule has 0 aromatic carbocycles. The van der Waals surface area contributed by atoms with Crippen molar-refractivity contribution < 1.29 is 14.3 Å². The summed E-state index contributed by atoms with van der Waals surface area (Å²) in [7, 11) is 0. The molecule has 1 aliphatic heterocycles. The molecule has 0 fully saturated rings. The first-order valence-electron chi connectivity index (χ1n) is 7.87. The normalized spacial score (nSPS) is 17.4. The van der Waals surface area contributed by atoms with Crippen LogP contribution in [0.4, 0.5) is 4.79 Å². The smallest absolute Gasteiger partial charge is 0.337 e. The number of urea groups is 1. The number of ether oxygens (including phenoxy) is 1. The van der Waals surface area contributed by atoms with Crippen LogP contribution in [-0.4, -0.2) is 52.7 Å². The molecule has 130 valence electrons. The third-order valence-electron chi connectivity index (χ3n) is 3.51. The van der Waals surface area contributed by atoms with Crippen LogP contribution >= 0.6 is 24.0 Å². The van der Waals surface area contributed by atoms with E-state index in [0.717, 1.165) is 17.4 Å². The van der Waals surface area contributed by atoms with Crippen molar-refractivity contribution in [2.75, 3.05) is 25.4 Å². The lowest BCUT2D eigenvalue weighted by molar-refractivity contribution is -0.139. The second-order valence-electron chi connectivity index (χ2n) is 4.90. The molecule has 0 aliphatic carbocycles. The monoisotopic (exact) mass is 359 g/mol. The van der Waals surface area contributed by atoms with Crippen molar-refractivity contribution in [2.45, 2.75) is 40.2 Å². The Morgan fingerprint density at radius 1 is 1.30 bits per heavy atom. The molecular formula is C15H25N3O3S2. The van der Waals surface area contributed by atoms with Gasteiger partial charge in [0.15, 0.2) is 0 Å². The highest BCUT2D eigenvalue weighted by Crippen LogP contribution is 2.21. The molecule has 1 aliphatic rings. The zero-order valence-corrected chi connectivity index (χ0v) is 15.7. The highest BCUT2D eigenvalue weighted by Gasteiger charge is 2.31. The summed E-state index contributed by atoms with van der Waals surface area (Å²) in [5, 5.41) is 5.49. The van der Waals surface area contributed by atoms with E-state index >= 15 is 0 Å². The van der Waals surface area contributed by atoms with Crippen molar-refractivity contribution >= 4 is 40.3 Å². The van der Waals surface area contributed by atoms with Crippen molar-refractivity contribution in [1.29, 1.82) is 0 Å². The number of amides is 2. The lowest BCUT2D eigenvalue weighted by Crippen LogP contribution is -2.50. The fraction of sp³-hybridized carbons (Fsp3) is 0.667. The Bertz CT molecular complexity index is 490. The quantitative estimate of drug-likeness (QED) is 0.537. The molecular weight excluding hydrogens is 334 g/mol. The van der Waals surface area contributed by atoms with Gasteiger partial charge in [-0.3, -0.25) is 0 Å². The van der Waals surface area contributed by atoms with Crippen LogP contribution in [0.3, 0.4) is 0 Å². The summed E-state index contributed by atoms with van der Waals surface area (Å²) in [5.41, 5.74) is 1.07. The second kappa shape index (κ2) is 9.77. The predicted octanol–water partition coefficient (Wildman–Crippen LogP) is 2.25. The molecule has 8 heteroatoms. The molecule has 2 amide bonds. The molecule has 6 nitrogen and oxygen atoms in total. The number of nitrogens with one attached hydrogen (secondary N) is 2. The van der Waals surface area contributed by atoms with Crippen LogP contribution in [0.15, 0.2) is 11.3 Å². The van der Waals surface area contributed by atoms with Crippen LogP contribution in [0, 0.1) is 0 Å². The first-order valence-corrected chi connectivity index (χ1v) is 9.27. The zero-order chi connectivity index (χ0) is 17.4. The van der Waals surface area contributed by atoms with Gasteiger partial charge in [-0.25, -0.2) is 9.59 Å². The third kappa shape index (κ3) is 5.39. The zero-order valence-electron chi connectivity index (χ0n) is 14.1. The van der Waals surface area contributed by atoms with E-state index < -0.39 is 5.97 Å². The Morgan fingerprint density at radius 3 is 2.48 bits per heavy atom. The molecule has 0 radical (unpaired) electrons. The fourth-order valence-electron chi connectivity index (χ4n) is 2.28. The molecule has 0 aromatic rings. The van der Waals surface area contributed by atoms with Crippen molar-refractivity contribution in [3.8, 4) is 0 Å². The summed E-state index contributed by atoms with van der Waals surface area (Å²) in [6, 6.07) is -0.630. The predicted molar refractivity (Wildman–Crippen MR) is 97.4 cm³/mol. The Balaban J connectivity index is 2.96. The minimum Gasteiger partial charge on any atom is -0.463 e. The van der Waals surface area contributed by atoms with E-state index in [-0.39, 0.29) is 12.1 Å². The van der Waals surface area contributed by atoms with Crippen LogP contribution in [0.1, 0.15) is 34.1 Å². The lowest BCUT2D eigenvalue weighted by atomic mass is 10.0. The van der Waals surface area contributed by atoms with Gasteiger partial charge in [0, 0.05) is 24.5 Å². The van der Waals surface area contributed by atoms with Crippen LogP contribution in [0.25, 0.3) is 0 Å². The molecule has 0 spiro atoms. The van der Waals surface area contributed by atoms with Crippen molar-refractivity contribution in [1.82, 2.24) is 15.5 Å². The van der Waals surface area contributed by atoms with Gasteiger partial charge in [0.2, 0.25) is 0 Å². The average molecular weight is 360 g/mol. The van der Waals surface area contributed by atoms with E-state index in [0.29, 0.717) is 30.1 Å². The number of esters is 1. The molecule has 1 rings (SSSR count). The van der Waals surface area contributed by atoms with E-state index in [1.165, 1.54) is 11.8 Å². The number of carbonyl (C=O) groups is 2. The van der Waals surface area contributed by atoms with Gasteiger partial charge >= 0.3 is 12.0 Å².